The minimum absolute atomic E-state index is 0.0283. The Hall–Kier alpha value is -3.23. The maximum absolute atomic E-state index is 13.6. The largest absolute Gasteiger partial charge is 0.347 e. The van der Waals surface area contributed by atoms with Crippen molar-refractivity contribution in [1.82, 2.24) is 9.80 Å². The van der Waals surface area contributed by atoms with Gasteiger partial charge in [-0.05, 0) is 42.7 Å². The smallest absolute Gasteiger partial charge is 0.256 e. The van der Waals surface area contributed by atoms with Crippen LogP contribution >= 0.6 is 0 Å². The van der Waals surface area contributed by atoms with Crippen LogP contribution in [-0.4, -0.2) is 72.2 Å². The molecule has 0 N–H and O–H groups in total. The number of hydrogen-bond donors (Lipinski definition) is 0. The van der Waals surface area contributed by atoms with Crippen molar-refractivity contribution >= 4 is 23.4 Å². The zero-order chi connectivity index (χ0) is 24.0. The zero-order valence-electron chi connectivity index (χ0n) is 19.7. The van der Waals surface area contributed by atoms with Gasteiger partial charge in [0, 0.05) is 38.0 Å². The van der Waals surface area contributed by atoms with E-state index >= 15 is 0 Å². The van der Waals surface area contributed by atoms with Crippen LogP contribution in [0.4, 0.5) is 5.69 Å². The first kappa shape index (κ1) is 22.2. The van der Waals surface area contributed by atoms with Crippen LogP contribution in [0.5, 0.6) is 0 Å². The average Bonchev–Trinajstić information content (AvgIpc) is 3.55. The van der Waals surface area contributed by atoms with Crippen LogP contribution in [0.25, 0.3) is 0 Å². The summed E-state index contributed by atoms with van der Waals surface area (Å²) in [6, 6.07) is 14.3. The average molecular weight is 476 g/mol. The third kappa shape index (κ3) is 3.90. The number of benzene rings is 2. The third-order valence-electron chi connectivity index (χ3n) is 7.63. The lowest BCUT2D eigenvalue weighted by Gasteiger charge is -2.37. The Morgan fingerprint density at radius 1 is 0.971 bits per heavy atom. The summed E-state index contributed by atoms with van der Waals surface area (Å²) in [5.41, 5.74) is 2.64. The lowest BCUT2D eigenvalue weighted by Crippen LogP contribution is -2.47. The van der Waals surface area contributed by atoms with Crippen LogP contribution in [0.1, 0.15) is 52.0 Å². The van der Waals surface area contributed by atoms with E-state index in [-0.39, 0.29) is 17.7 Å². The van der Waals surface area contributed by atoms with Gasteiger partial charge in [-0.15, -0.1) is 0 Å². The van der Waals surface area contributed by atoms with Crippen molar-refractivity contribution in [3.8, 4) is 0 Å². The summed E-state index contributed by atoms with van der Waals surface area (Å²) in [5.74, 6) is -0.694. The molecule has 0 radical (unpaired) electrons. The summed E-state index contributed by atoms with van der Waals surface area (Å²) < 4.78 is 11.6. The lowest BCUT2D eigenvalue weighted by atomic mass is 10.0. The second kappa shape index (κ2) is 8.77. The van der Waals surface area contributed by atoms with E-state index in [2.05, 4.69) is 0 Å². The number of amides is 3. The lowest BCUT2D eigenvalue weighted by molar-refractivity contribution is -0.181. The molecule has 8 heteroatoms. The fourth-order valence-electron chi connectivity index (χ4n) is 5.78. The van der Waals surface area contributed by atoms with Crippen LogP contribution in [0.15, 0.2) is 48.5 Å². The van der Waals surface area contributed by atoms with Crippen molar-refractivity contribution in [3.63, 3.8) is 0 Å². The van der Waals surface area contributed by atoms with Gasteiger partial charge in [0.1, 0.15) is 6.04 Å². The molecule has 0 aromatic heterocycles. The number of ether oxygens (including phenoxy) is 2. The fourth-order valence-corrected chi connectivity index (χ4v) is 5.78. The highest BCUT2D eigenvalue weighted by Gasteiger charge is 2.42. The number of piperidine rings is 1. The van der Waals surface area contributed by atoms with Gasteiger partial charge in [0.05, 0.1) is 31.0 Å². The van der Waals surface area contributed by atoms with Crippen molar-refractivity contribution in [2.75, 3.05) is 37.7 Å². The van der Waals surface area contributed by atoms with E-state index in [1.54, 1.807) is 15.9 Å². The predicted octanol–water partition coefficient (Wildman–Crippen LogP) is 2.82. The molecule has 4 heterocycles. The standard InChI is InChI=1S/C27H29N3O5/c31-24(28-13-10-27(11-14-28)34-15-16-35-27)20-6-3-5-19(17-20)18-30-22-8-2-1-7-21(22)25(32)29-12-4-9-23(29)26(30)33/h1-3,5-8,17,23H,4,9-16,18H2/t23-/m0/s1. The van der Waals surface area contributed by atoms with Gasteiger partial charge in [-0.2, -0.15) is 0 Å². The molecule has 4 aliphatic rings. The minimum atomic E-state index is -0.523. The number of hydrogen-bond acceptors (Lipinski definition) is 5. The second-order valence-corrected chi connectivity index (χ2v) is 9.70. The number of rotatable bonds is 3. The van der Waals surface area contributed by atoms with E-state index in [0.717, 1.165) is 12.0 Å². The number of anilines is 1. The summed E-state index contributed by atoms with van der Waals surface area (Å²) >= 11 is 0. The van der Waals surface area contributed by atoms with Gasteiger partial charge in [0.25, 0.3) is 11.8 Å². The van der Waals surface area contributed by atoms with Gasteiger partial charge < -0.3 is 24.2 Å². The van der Waals surface area contributed by atoms with E-state index in [1.807, 2.05) is 47.4 Å². The quantitative estimate of drug-likeness (QED) is 0.682. The van der Waals surface area contributed by atoms with E-state index in [4.69, 9.17) is 9.47 Å². The van der Waals surface area contributed by atoms with Crippen molar-refractivity contribution in [1.29, 1.82) is 0 Å². The Bertz CT molecular complexity index is 1160. The first-order chi connectivity index (χ1) is 17.0. The third-order valence-corrected chi connectivity index (χ3v) is 7.63. The molecule has 1 atom stereocenters. The monoisotopic (exact) mass is 475 g/mol. The minimum Gasteiger partial charge on any atom is -0.347 e. The molecule has 0 unspecified atom stereocenters. The van der Waals surface area contributed by atoms with Crippen molar-refractivity contribution in [2.24, 2.45) is 0 Å². The summed E-state index contributed by atoms with van der Waals surface area (Å²) in [4.78, 5) is 45.3. The summed E-state index contributed by atoms with van der Waals surface area (Å²) in [5, 5.41) is 0. The molecule has 35 heavy (non-hydrogen) atoms. The summed E-state index contributed by atoms with van der Waals surface area (Å²) in [7, 11) is 0. The number of carbonyl (C=O) groups is 3. The molecule has 2 aromatic carbocycles. The van der Waals surface area contributed by atoms with Gasteiger partial charge >= 0.3 is 0 Å². The molecular weight excluding hydrogens is 446 g/mol. The molecule has 1 spiro atoms. The molecule has 182 valence electrons. The number of para-hydroxylation sites is 1. The Labute approximate surface area is 204 Å². The SMILES string of the molecule is O=C(c1cccc(CN2C(=O)[C@@H]3CCCN3C(=O)c3ccccc32)c1)N1CCC2(CC1)OCCO2. The van der Waals surface area contributed by atoms with E-state index in [0.29, 0.717) is 75.5 Å². The number of carbonyl (C=O) groups excluding carboxylic acids is 3. The first-order valence-electron chi connectivity index (χ1n) is 12.4. The van der Waals surface area contributed by atoms with Gasteiger partial charge in [0.2, 0.25) is 5.91 Å². The molecule has 8 nitrogen and oxygen atoms in total. The van der Waals surface area contributed by atoms with Crippen LogP contribution < -0.4 is 4.90 Å². The molecule has 3 saturated heterocycles. The Kier molecular flexibility index (Phi) is 5.57. The van der Waals surface area contributed by atoms with Crippen LogP contribution in [0.2, 0.25) is 0 Å². The Balaban J connectivity index is 1.24. The van der Waals surface area contributed by atoms with E-state index < -0.39 is 11.8 Å². The van der Waals surface area contributed by atoms with Gasteiger partial charge in [-0.3, -0.25) is 14.4 Å². The molecule has 0 bridgehead atoms. The van der Waals surface area contributed by atoms with E-state index in [9.17, 15) is 14.4 Å². The summed E-state index contributed by atoms with van der Waals surface area (Å²) in [6.07, 6.45) is 2.85. The molecule has 3 amide bonds. The van der Waals surface area contributed by atoms with Gasteiger partial charge in [-0.25, -0.2) is 0 Å². The topological polar surface area (TPSA) is 79.4 Å². The van der Waals surface area contributed by atoms with Crippen LogP contribution in [0, 0.1) is 0 Å². The van der Waals surface area contributed by atoms with E-state index in [1.165, 1.54) is 0 Å². The fraction of sp³-hybridized carbons (Fsp3) is 0.444. The second-order valence-electron chi connectivity index (χ2n) is 9.70. The van der Waals surface area contributed by atoms with Gasteiger partial charge in [0.15, 0.2) is 5.79 Å². The Morgan fingerprint density at radius 3 is 2.54 bits per heavy atom. The van der Waals surface area contributed by atoms with Crippen molar-refractivity contribution < 1.29 is 23.9 Å². The normalized spacial score (nSPS) is 23.4. The Morgan fingerprint density at radius 2 is 1.74 bits per heavy atom. The highest BCUT2D eigenvalue weighted by Crippen LogP contribution is 2.34. The number of nitrogens with zero attached hydrogens (tertiary/aromatic N) is 3. The first-order valence-corrected chi connectivity index (χ1v) is 12.4. The molecule has 4 aliphatic heterocycles. The molecule has 0 saturated carbocycles. The summed E-state index contributed by atoms with van der Waals surface area (Å²) in [6.45, 7) is 3.30. The molecule has 0 aliphatic carbocycles. The van der Waals surface area contributed by atoms with Crippen LogP contribution in [-0.2, 0) is 20.8 Å². The molecule has 6 rings (SSSR count). The highest BCUT2D eigenvalue weighted by molar-refractivity contribution is 6.11. The van der Waals surface area contributed by atoms with Gasteiger partial charge in [-0.1, -0.05) is 24.3 Å². The maximum Gasteiger partial charge on any atom is 0.256 e. The van der Waals surface area contributed by atoms with Crippen molar-refractivity contribution in [3.05, 3.63) is 65.2 Å². The number of fused-ring (bicyclic) bond motifs is 2. The molecular formula is C27H29N3O5. The zero-order valence-corrected chi connectivity index (χ0v) is 19.7. The highest BCUT2D eigenvalue weighted by atomic mass is 16.7. The molecule has 2 aromatic rings. The maximum atomic E-state index is 13.6. The number of likely N-dealkylation sites (tertiary alicyclic amines) is 1. The van der Waals surface area contributed by atoms with Crippen LogP contribution in [0.3, 0.4) is 0 Å². The molecule has 3 fully saturated rings. The van der Waals surface area contributed by atoms with Crippen molar-refractivity contribution in [2.45, 2.75) is 44.1 Å². The predicted molar refractivity (Wildman–Crippen MR) is 128 cm³/mol.